The Hall–Kier alpha value is -2.99. The zero-order valence-electron chi connectivity index (χ0n) is 17.9. The smallest absolute Gasteiger partial charge is 0.475 e. The molecule has 1 unspecified atom stereocenters. The lowest BCUT2D eigenvalue weighted by Crippen LogP contribution is -2.51. The number of aliphatic carboxylic acids is 1. The van der Waals surface area contributed by atoms with Crippen LogP contribution in [0, 0.1) is 0 Å². The molecule has 2 aliphatic heterocycles. The number of amides is 1. The average Bonchev–Trinajstić information content (AvgIpc) is 3.34. The standard InChI is InChI=1S/C19H25N5O2.C2HF3O2/c25-19(17-7-2-1-6-16(17)18-20-14-21-22-18)24-8-4-3-5-15(24)13-23-9-11-26-12-10-23;3-2(4,5)1(6)7/h1-2,6-7,14-15H,3-5,8-13H2,(H,20,21,22);(H,6,7). The Labute approximate surface area is 188 Å². The number of piperidine rings is 1. The highest BCUT2D eigenvalue weighted by molar-refractivity contribution is 6.00. The predicted octanol–water partition coefficient (Wildman–Crippen LogP) is 2.43. The van der Waals surface area contributed by atoms with E-state index >= 15 is 0 Å². The summed E-state index contributed by atoms with van der Waals surface area (Å²) in [5.74, 6) is -2.03. The number of carboxylic acids is 1. The Morgan fingerprint density at radius 3 is 2.48 bits per heavy atom. The molecule has 12 heteroatoms. The molecule has 3 heterocycles. The van der Waals surface area contributed by atoms with Crippen LogP contribution in [0.1, 0.15) is 29.6 Å². The number of morpholine rings is 1. The highest BCUT2D eigenvalue weighted by Gasteiger charge is 2.38. The fourth-order valence-corrected chi connectivity index (χ4v) is 3.91. The largest absolute Gasteiger partial charge is 0.490 e. The summed E-state index contributed by atoms with van der Waals surface area (Å²) in [7, 11) is 0. The monoisotopic (exact) mass is 469 g/mol. The van der Waals surface area contributed by atoms with E-state index in [9.17, 15) is 18.0 Å². The number of alkyl halides is 3. The van der Waals surface area contributed by atoms with E-state index in [0.717, 1.165) is 57.8 Å². The minimum Gasteiger partial charge on any atom is -0.475 e. The Bertz CT molecular complexity index is 917. The van der Waals surface area contributed by atoms with Crippen LogP contribution in [0.3, 0.4) is 0 Å². The van der Waals surface area contributed by atoms with Gasteiger partial charge in [0.05, 0.1) is 18.8 Å². The van der Waals surface area contributed by atoms with E-state index in [1.165, 1.54) is 12.7 Å². The van der Waals surface area contributed by atoms with Gasteiger partial charge in [-0.3, -0.25) is 14.8 Å². The first kappa shape index (κ1) is 24.6. The molecule has 1 aromatic heterocycles. The summed E-state index contributed by atoms with van der Waals surface area (Å²) in [4.78, 5) is 31.0. The third-order valence-electron chi connectivity index (χ3n) is 5.53. The Kier molecular flexibility index (Phi) is 8.39. The van der Waals surface area contributed by atoms with Crippen molar-refractivity contribution in [3.63, 3.8) is 0 Å². The van der Waals surface area contributed by atoms with Gasteiger partial charge in [-0.15, -0.1) is 0 Å². The van der Waals surface area contributed by atoms with E-state index in [-0.39, 0.29) is 11.9 Å². The van der Waals surface area contributed by atoms with Crippen molar-refractivity contribution in [2.24, 2.45) is 0 Å². The molecule has 2 N–H and O–H groups in total. The van der Waals surface area contributed by atoms with Gasteiger partial charge in [0, 0.05) is 37.8 Å². The Morgan fingerprint density at radius 1 is 1.15 bits per heavy atom. The summed E-state index contributed by atoms with van der Waals surface area (Å²) < 4.78 is 37.2. The van der Waals surface area contributed by atoms with Crippen LogP contribution in [-0.4, -0.2) is 93.6 Å². The van der Waals surface area contributed by atoms with E-state index in [4.69, 9.17) is 14.6 Å². The lowest BCUT2D eigenvalue weighted by atomic mass is 9.98. The fraction of sp³-hybridized carbons (Fsp3) is 0.524. The molecule has 0 saturated carbocycles. The zero-order chi connectivity index (χ0) is 23.8. The zero-order valence-corrected chi connectivity index (χ0v) is 17.9. The van der Waals surface area contributed by atoms with Crippen molar-refractivity contribution >= 4 is 11.9 Å². The molecule has 0 bridgehead atoms. The second-order valence-corrected chi connectivity index (χ2v) is 7.74. The number of hydrogen-bond donors (Lipinski definition) is 2. The van der Waals surface area contributed by atoms with Crippen LogP contribution < -0.4 is 0 Å². The SMILES string of the molecule is O=C(O)C(F)(F)F.O=C(c1ccccc1-c1ncn[nH]1)N1CCCCC1CN1CCOCC1. The molecule has 2 saturated heterocycles. The van der Waals surface area contributed by atoms with Crippen LogP contribution >= 0.6 is 0 Å². The highest BCUT2D eigenvalue weighted by atomic mass is 19.4. The molecule has 4 rings (SSSR count). The van der Waals surface area contributed by atoms with Crippen LogP contribution in [0.4, 0.5) is 13.2 Å². The number of carboxylic acid groups (broad SMARTS) is 1. The van der Waals surface area contributed by atoms with Gasteiger partial charge in [-0.2, -0.15) is 18.3 Å². The molecular weight excluding hydrogens is 443 g/mol. The molecule has 33 heavy (non-hydrogen) atoms. The topological polar surface area (TPSA) is 112 Å². The van der Waals surface area contributed by atoms with Crippen LogP contribution in [0.25, 0.3) is 11.4 Å². The number of nitrogens with zero attached hydrogens (tertiary/aromatic N) is 4. The molecule has 0 spiro atoms. The van der Waals surface area contributed by atoms with Crippen molar-refractivity contribution in [2.75, 3.05) is 39.4 Å². The third kappa shape index (κ3) is 6.75. The van der Waals surface area contributed by atoms with E-state index in [1.807, 2.05) is 24.3 Å². The number of aromatic nitrogens is 3. The van der Waals surface area contributed by atoms with Crippen molar-refractivity contribution < 1.29 is 32.6 Å². The number of nitrogens with one attached hydrogen (secondary N) is 1. The lowest BCUT2D eigenvalue weighted by Gasteiger charge is -2.40. The van der Waals surface area contributed by atoms with Crippen LogP contribution in [0.5, 0.6) is 0 Å². The number of ether oxygens (including phenoxy) is 1. The molecule has 2 aliphatic rings. The molecule has 1 atom stereocenters. The molecule has 0 radical (unpaired) electrons. The van der Waals surface area contributed by atoms with E-state index in [0.29, 0.717) is 11.4 Å². The number of halogens is 3. The van der Waals surface area contributed by atoms with Gasteiger partial charge < -0.3 is 14.7 Å². The average molecular weight is 469 g/mol. The summed E-state index contributed by atoms with van der Waals surface area (Å²) in [6, 6.07) is 7.91. The van der Waals surface area contributed by atoms with Gasteiger partial charge in [-0.1, -0.05) is 18.2 Å². The number of likely N-dealkylation sites (tertiary alicyclic amines) is 1. The van der Waals surface area contributed by atoms with Gasteiger partial charge in [0.1, 0.15) is 6.33 Å². The van der Waals surface area contributed by atoms with Crippen molar-refractivity contribution in [1.29, 1.82) is 0 Å². The fourth-order valence-electron chi connectivity index (χ4n) is 3.91. The van der Waals surface area contributed by atoms with Crippen molar-refractivity contribution in [2.45, 2.75) is 31.5 Å². The van der Waals surface area contributed by atoms with Crippen molar-refractivity contribution in [3.05, 3.63) is 36.2 Å². The number of rotatable bonds is 4. The van der Waals surface area contributed by atoms with Gasteiger partial charge in [-0.25, -0.2) is 9.78 Å². The minimum atomic E-state index is -5.08. The van der Waals surface area contributed by atoms with E-state index in [1.54, 1.807) is 0 Å². The van der Waals surface area contributed by atoms with Crippen molar-refractivity contribution in [1.82, 2.24) is 25.0 Å². The van der Waals surface area contributed by atoms with Gasteiger partial charge in [-0.05, 0) is 25.3 Å². The van der Waals surface area contributed by atoms with Gasteiger partial charge >= 0.3 is 12.1 Å². The van der Waals surface area contributed by atoms with Gasteiger partial charge in [0.15, 0.2) is 5.82 Å². The quantitative estimate of drug-likeness (QED) is 0.707. The second kappa shape index (κ2) is 11.2. The summed E-state index contributed by atoms with van der Waals surface area (Å²) in [6.07, 6.45) is -0.301. The Balaban J connectivity index is 0.000000383. The van der Waals surface area contributed by atoms with Gasteiger partial charge in [0.2, 0.25) is 0 Å². The van der Waals surface area contributed by atoms with Gasteiger partial charge in [0.25, 0.3) is 5.91 Å². The van der Waals surface area contributed by atoms with Crippen LogP contribution in [-0.2, 0) is 9.53 Å². The number of H-pyrrole nitrogens is 1. The number of carbonyl (C=O) groups is 2. The number of aromatic amines is 1. The molecule has 2 aromatic rings. The summed E-state index contributed by atoms with van der Waals surface area (Å²) in [5.41, 5.74) is 1.50. The second-order valence-electron chi connectivity index (χ2n) is 7.74. The first-order chi connectivity index (χ1) is 15.8. The maximum Gasteiger partial charge on any atom is 0.490 e. The maximum absolute atomic E-state index is 13.4. The third-order valence-corrected chi connectivity index (χ3v) is 5.53. The molecule has 0 aliphatic carbocycles. The number of benzene rings is 1. The first-order valence-electron chi connectivity index (χ1n) is 10.6. The molecule has 1 amide bonds. The minimum absolute atomic E-state index is 0.0926. The normalized spacial score (nSPS) is 19.5. The molecule has 180 valence electrons. The summed E-state index contributed by atoms with van der Waals surface area (Å²) in [5, 5.41) is 13.9. The molecule has 1 aromatic carbocycles. The predicted molar refractivity (Wildman–Crippen MR) is 111 cm³/mol. The van der Waals surface area contributed by atoms with E-state index in [2.05, 4.69) is 25.0 Å². The summed E-state index contributed by atoms with van der Waals surface area (Å²) >= 11 is 0. The maximum atomic E-state index is 13.4. The first-order valence-corrected chi connectivity index (χ1v) is 10.6. The molecular formula is C21H26F3N5O4. The Morgan fingerprint density at radius 2 is 1.85 bits per heavy atom. The number of hydrogen-bond acceptors (Lipinski definition) is 6. The van der Waals surface area contributed by atoms with Crippen LogP contribution in [0.15, 0.2) is 30.6 Å². The summed E-state index contributed by atoms with van der Waals surface area (Å²) in [6.45, 7) is 5.22. The highest BCUT2D eigenvalue weighted by Crippen LogP contribution is 2.25. The number of carbonyl (C=O) groups excluding carboxylic acids is 1. The molecule has 2 fully saturated rings. The lowest BCUT2D eigenvalue weighted by molar-refractivity contribution is -0.192. The van der Waals surface area contributed by atoms with Crippen molar-refractivity contribution in [3.8, 4) is 11.4 Å². The van der Waals surface area contributed by atoms with E-state index < -0.39 is 12.1 Å². The van der Waals surface area contributed by atoms with Crippen LogP contribution in [0.2, 0.25) is 0 Å². The molecule has 9 nitrogen and oxygen atoms in total.